The SMILES string of the molecule is c1ccc(COC2CC(OCCOC3CCCCO3)C2)cc1. The lowest BCUT2D eigenvalue weighted by Crippen LogP contribution is -2.38. The molecule has 1 heterocycles. The quantitative estimate of drug-likeness (QED) is 0.691. The smallest absolute Gasteiger partial charge is 0.157 e. The van der Waals surface area contributed by atoms with Crippen molar-refractivity contribution in [2.24, 2.45) is 0 Å². The molecule has 1 unspecified atom stereocenters. The highest BCUT2D eigenvalue weighted by atomic mass is 16.7. The van der Waals surface area contributed by atoms with Gasteiger partial charge in [-0.1, -0.05) is 30.3 Å². The highest BCUT2D eigenvalue weighted by Gasteiger charge is 2.30. The van der Waals surface area contributed by atoms with Crippen LogP contribution in [0, 0.1) is 0 Å². The Morgan fingerprint density at radius 2 is 1.68 bits per heavy atom. The number of ether oxygens (including phenoxy) is 4. The first-order valence-electron chi connectivity index (χ1n) is 8.40. The average molecular weight is 306 g/mol. The second kappa shape index (κ2) is 8.63. The van der Waals surface area contributed by atoms with Crippen LogP contribution in [-0.2, 0) is 25.6 Å². The standard InChI is InChI=1S/C18H26O4/c1-2-6-15(7-3-1)14-22-17-12-16(13-17)19-10-11-21-18-8-4-5-9-20-18/h1-3,6-7,16-18H,4-5,8-14H2. The van der Waals surface area contributed by atoms with E-state index in [1.54, 1.807) is 0 Å². The van der Waals surface area contributed by atoms with Gasteiger partial charge in [0.05, 0.1) is 32.0 Å². The van der Waals surface area contributed by atoms with Crippen molar-refractivity contribution in [1.82, 2.24) is 0 Å². The third-order valence-corrected chi connectivity index (χ3v) is 4.26. The molecule has 2 aliphatic rings. The summed E-state index contributed by atoms with van der Waals surface area (Å²) in [6, 6.07) is 10.3. The first kappa shape index (κ1) is 15.9. The average Bonchev–Trinajstić information content (AvgIpc) is 2.54. The molecule has 1 aromatic rings. The molecule has 4 nitrogen and oxygen atoms in total. The first-order chi connectivity index (χ1) is 10.9. The van der Waals surface area contributed by atoms with Crippen LogP contribution < -0.4 is 0 Å². The summed E-state index contributed by atoms with van der Waals surface area (Å²) in [5.74, 6) is 0. The maximum atomic E-state index is 5.86. The van der Waals surface area contributed by atoms with Crippen LogP contribution in [0.4, 0.5) is 0 Å². The van der Waals surface area contributed by atoms with E-state index in [1.165, 1.54) is 12.0 Å². The molecule has 1 aliphatic carbocycles. The van der Waals surface area contributed by atoms with Crippen LogP contribution in [0.1, 0.15) is 37.7 Å². The molecule has 22 heavy (non-hydrogen) atoms. The minimum Gasteiger partial charge on any atom is -0.376 e. The number of rotatable bonds is 8. The molecule has 4 heteroatoms. The van der Waals surface area contributed by atoms with E-state index in [1.807, 2.05) is 18.2 Å². The van der Waals surface area contributed by atoms with Gasteiger partial charge in [0.15, 0.2) is 6.29 Å². The van der Waals surface area contributed by atoms with Gasteiger partial charge in [-0.25, -0.2) is 0 Å². The van der Waals surface area contributed by atoms with E-state index < -0.39 is 0 Å². The number of benzene rings is 1. The van der Waals surface area contributed by atoms with E-state index in [0.29, 0.717) is 32.0 Å². The van der Waals surface area contributed by atoms with Crippen molar-refractivity contribution in [1.29, 1.82) is 0 Å². The predicted molar refractivity (Wildman–Crippen MR) is 83.5 cm³/mol. The minimum atomic E-state index is -0.0132. The van der Waals surface area contributed by atoms with E-state index in [9.17, 15) is 0 Å². The molecule has 0 radical (unpaired) electrons. The normalized spacial score (nSPS) is 28.3. The lowest BCUT2D eigenvalue weighted by atomic mass is 9.92. The van der Waals surface area contributed by atoms with Gasteiger partial charge in [0.2, 0.25) is 0 Å². The Morgan fingerprint density at radius 3 is 2.45 bits per heavy atom. The van der Waals surface area contributed by atoms with Gasteiger partial charge >= 0.3 is 0 Å². The Bertz CT molecular complexity index is 410. The van der Waals surface area contributed by atoms with Gasteiger partial charge in [0.1, 0.15) is 0 Å². The van der Waals surface area contributed by atoms with Crippen molar-refractivity contribution in [3.8, 4) is 0 Å². The van der Waals surface area contributed by atoms with Crippen LogP contribution in [0.5, 0.6) is 0 Å². The summed E-state index contributed by atoms with van der Waals surface area (Å²) in [4.78, 5) is 0. The summed E-state index contributed by atoms with van der Waals surface area (Å²) < 4.78 is 22.8. The van der Waals surface area contributed by atoms with Crippen LogP contribution in [0.25, 0.3) is 0 Å². The van der Waals surface area contributed by atoms with Crippen LogP contribution in [0.15, 0.2) is 30.3 Å². The molecular weight excluding hydrogens is 280 g/mol. The molecule has 1 atom stereocenters. The molecular formula is C18H26O4. The van der Waals surface area contributed by atoms with Gasteiger partial charge in [-0.15, -0.1) is 0 Å². The molecule has 0 bridgehead atoms. The molecule has 0 aromatic heterocycles. The highest BCUT2D eigenvalue weighted by molar-refractivity contribution is 5.13. The second-order valence-corrected chi connectivity index (χ2v) is 6.05. The third-order valence-electron chi connectivity index (χ3n) is 4.26. The van der Waals surface area contributed by atoms with Gasteiger partial charge in [0, 0.05) is 6.61 Å². The number of hydrogen-bond donors (Lipinski definition) is 0. The van der Waals surface area contributed by atoms with Gasteiger partial charge in [-0.05, 0) is 37.7 Å². The third kappa shape index (κ3) is 5.06. The Morgan fingerprint density at radius 1 is 0.909 bits per heavy atom. The van der Waals surface area contributed by atoms with Crippen molar-refractivity contribution in [3.05, 3.63) is 35.9 Å². The molecule has 1 aliphatic heterocycles. The summed E-state index contributed by atoms with van der Waals surface area (Å²) >= 11 is 0. The van der Waals surface area contributed by atoms with Crippen molar-refractivity contribution in [2.45, 2.75) is 57.2 Å². The van der Waals surface area contributed by atoms with E-state index in [-0.39, 0.29) is 6.29 Å². The first-order valence-corrected chi connectivity index (χ1v) is 8.40. The molecule has 3 rings (SSSR count). The molecule has 0 spiro atoms. The van der Waals surface area contributed by atoms with E-state index >= 15 is 0 Å². The van der Waals surface area contributed by atoms with Crippen molar-refractivity contribution in [3.63, 3.8) is 0 Å². The summed E-state index contributed by atoms with van der Waals surface area (Å²) in [7, 11) is 0. The van der Waals surface area contributed by atoms with E-state index in [4.69, 9.17) is 18.9 Å². The zero-order valence-corrected chi connectivity index (χ0v) is 13.1. The largest absolute Gasteiger partial charge is 0.376 e. The summed E-state index contributed by atoms with van der Waals surface area (Å²) in [6.45, 7) is 2.79. The Hall–Kier alpha value is -0.940. The predicted octanol–water partition coefficient (Wildman–Crippen LogP) is 3.29. The summed E-state index contributed by atoms with van der Waals surface area (Å²) in [5.41, 5.74) is 1.23. The molecule has 1 aromatic carbocycles. The van der Waals surface area contributed by atoms with Crippen molar-refractivity contribution in [2.75, 3.05) is 19.8 Å². The Labute approximate surface area is 132 Å². The fourth-order valence-electron chi connectivity index (χ4n) is 2.81. The van der Waals surface area contributed by atoms with Gasteiger partial charge in [0.25, 0.3) is 0 Å². The van der Waals surface area contributed by atoms with Crippen LogP contribution in [0.2, 0.25) is 0 Å². The van der Waals surface area contributed by atoms with E-state index in [2.05, 4.69) is 12.1 Å². The van der Waals surface area contributed by atoms with Crippen molar-refractivity contribution >= 4 is 0 Å². The van der Waals surface area contributed by atoms with Gasteiger partial charge in [-0.2, -0.15) is 0 Å². The molecule has 1 saturated heterocycles. The fourth-order valence-corrected chi connectivity index (χ4v) is 2.81. The fraction of sp³-hybridized carbons (Fsp3) is 0.667. The van der Waals surface area contributed by atoms with Crippen LogP contribution in [-0.4, -0.2) is 38.3 Å². The zero-order chi connectivity index (χ0) is 15.0. The molecule has 122 valence electrons. The molecule has 0 N–H and O–H groups in total. The topological polar surface area (TPSA) is 36.9 Å². The lowest BCUT2D eigenvalue weighted by Gasteiger charge is -2.35. The van der Waals surface area contributed by atoms with Gasteiger partial charge in [-0.3, -0.25) is 0 Å². The zero-order valence-electron chi connectivity index (χ0n) is 13.1. The molecule has 1 saturated carbocycles. The summed E-state index contributed by atoms with van der Waals surface area (Å²) in [5, 5.41) is 0. The Balaban J connectivity index is 1.19. The lowest BCUT2D eigenvalue weighted by molar-refractivity contribution is -0.178. The Kier molecular flexibility index (Phi) is 6.25. The maximum Gasteiger partial charge on any atom is 0.157 e. The molecule has 2 fully saturated rings. The number of hydrogen-bond acceptors (Lipinski definition) is 4. The van der Waals surface area contributed by atoms with Gasteiger partial charge < -0.3 is 18.9 Å². The van der Waals surface area contributed by atoms with E-state index in [0.717, 1.165) is 32.3 Å². The monoisotopic (exact) mass is 306 g/mol. The maximum absolute atomic E-state index is 5.86. The minimum absolute atomic E-state index is 0.0132. The second-order valence-electron chi connectivity index (χ2n) is 6.05. The summed E-state index contributed by atoms with van der Waals surface area (Å²) in [6.07, 6.45) is 6.01. The van der Waals surface area contributed by atoms with Crippen molar-refractivity contribution < 1.29 is 18.9 Å². The van der Waals surface area contributed by atoms with Crippen LogP contribution >= 0.6 is 0 Å². The molecule has 0 amide bonds. The van der Waals surface area contributed by atoms with Crippen LogP contribution in [0.3, 0.4) is 0 Å². The highest BCUT2D eigenvalue weighted by Crippen LogP contribution is 2.27.